The fourth-order valence-electron chi connectivity index (χ4n) is 4.07. The highest BCUT2D eigenvalue weighted by Gasteiger charge is 2.53. The summed E-state index contributed by atoms with van der Waals surface area (Å²) in [6.07, 6.45) is 3.58. The maximum Gasteiger partial charge on any atom is 0.193 e. The van der Waals surface area contributed by atoms with Gasteiger partial charge in [0.15, 0.2) is 5.96 Å². The molecular formula is C16H31IN4O. The molecule has 3 heterocycles. The minimum atomic E-state index is 0. The number of rotatable bonds is 4. The Morgan fingerprint density at radius 1 is 1.27 bits per heavy atom. The summed E-state index contributed by atoms with van der Waals surface area (Å²) < 4.78 is 6.05. The first-order chi connectivity index (χ1) is 10.1. The minimum Gasteiger partial charge on any atom is -0.374 e. The Morgan fingerprint density at radius 3 is 2.36 bits per heavy atom. The van der Waals surface area contributed by atoms with Crippen molar-refractivity contribution in [1.29, 1.82) is 0 Å². The Morgan fingerprint density at radius 2 is 1.86 bits per heavy atom. The third-order valence-corrected chi connectivity index (χ3v) is 5.59. The van der Waals surface area contributed by atoms with Crippen molar-refractivity contribution in [3.8, 4) is 0 Å². The van der Waals surface area contributed by atoms with Gasteiger partial charge in [-0.2, -0.15) is 0 Å². The van der Waals surface area contributed by atoms with Gasteiger partial charge in [0, 0.05) is 51.1 Å². The minimum absolute atomic E-state index is 0. The summed E-state index contributed by atoms with van der Waals surface area (Å²) >= 11 is 0. The largest absolute Gasteiger partial charge is 0.374 e. The van der Waals surface area contributed by atoms with Crippen molar-refractivity contribution in [3.05, 3.63) is 0 Å². The predicted molar refractivity (Wildman–Crippen MR) is 101 cm³/mol. The third-order valence-electron chi connectivity index (χ3n) is 5.59. The fraction of sp³-hybridized carbons (Fsp3) is 0.938. The van der Waals surface area contributed by atoms with E-state index < -0.39 is 0 Å². The van der Waals surface area contributed by atoms with Crippen LogP contribution in [0.25, 0.3) is 0 Å². The van der Waals surface area contributed by atoms with E-state index >= 15 is 0 Å². The number of guanidine groups is 1. The lowest BCUT2D eigenvalue weighted by Crippen LogP contribution is -2.44. The molecule has 0 aromatic carbocycles. The van der Waals surface area contributed by atoms with Crippen LogP contribution < -0.4 is 5.32 Å². The molecule has 3 aliphatic heterocycles. The lowest BCUT2D eigenvalue weighted by molar-refractivity contribution is 0.0767. The van der Waals surface area contributed by atoms with Gasteiger partial charge in [0.2, 0.25) is 0 Å². The molecule has 5 nitrogen and oxygen atoms in total. The van der Waals surface area contributed by atoms with Crippen LogP contribution in [0.2, 0.25) is 0 Å². The summed E-state index contributed by atoms with van der Waals surface area (Å²) in [5.74, 6) is 2.54. The van der Waals surface area contributed by atoms with E-state index in [0.29, 0.717) is 18.2 Å². The van der Waals surface area contributed by atoms with Crippen molar-refractivity contribution >= 4 is 29.9 Å². The molecule has 3 aliphatic rings. The average molecular weight is 422 g/mol. The summed E-state index contributed by atoms with van der Waals surface area (Å²) in [5.41, 5.74) is 0. The topological polar surface area (TPSA) is 40.1 Å². The van der Waals surface area contributed by atoms with Crippen molar-refractivity contribution in [2.24, 2.45) is 16.8 Å². The van der Waals surface area contributed by atoms with Gasteiger partial charge in [0.1, 0.15) is 0 Å². The zero-order valence-corrected chi connectivity index (χ0v) is 16.6. The van der Waals surface area contributed by atoms with Crippen LogP contribution in [0.4, 0.5) is 0 Å². The number of likely N-dealkylation sites (tertiary alicyclic amines) is 1. The number of nitrogens with zero attached hydrogens (tertiary/aromatic N) is 3. The Hall–Kier alpha value is -0.0800. The molecule has 22 heavy (non-hydrogen) atoms. The standard InChI is InChI=1S/C16H30N4O.HI/c1-11(2)19(4)8-7-18-16(17-3)20-9-12-13(10-20)15-6-5-14(12)21-15;/h11-15H,5-10H2,1-4H3,(H,17,18);1H. The van der Waals surface area contributed by atoms with Gasteiger partial charge in [-0.05, 0) is 33.7 Å². The molecule has 3 fully saturated rings. The fourth-order valence-corrected chi connectivity index (χ4v) is 4.07. The van der Waals surface area contributed by atoms with E-state index in [1.54, 1.807) is 0 Å². The van der Waals surface area contributed by atoms with E-state index in [1.165, 1.54) is 12.8 Å². The van der Waals surface area contributed by atoms with Crippen LogP contribution >= 0.6 is 24.0 Å². The maximum atomic E-state index is 6.05. The smallest absolute Gasteiger partial charge is 0.193 e. The molecular weight excluding hydrogens is 391 g/mol. The van der Waals surface area contributed by atoms with Gasteiger partial charge < -0.3 is 19.9 Å². The summed E-state index contributed by atoms with van der Waals surface area (Å²) in [6.45, 7) is 8.69. The lowest BCUT2D eigenvalue weighted by atomic mass is 9.82. The van der Waals surface area contributed by atoms with E-state index in [1.807, 2.05) is 7.05 Å². The Kier molecular flexibility index (Phi) is 6.36. The van der Waals surface area contributed by atoms with Crippen molar-refractivity contribution in [2.45, 2.75) is 44.9 Å². The predicted octanol–water partition coefficient (Wildman–Crippen LogP) is 1.63. The normalized spacial score (nSPS) is 33.5. The summed E-state index contributed by atoms with van der Waals surface area (Å²) in [4.78, 5) is 9.28. The van der Waals surface area contributed by atoms with Crippen molar-refractivity contribution in [3.63, 3.8) is 0 Å². The highest BCUT2D eigenvalue weighted by molar-refractivity contribution is 14.0. The Bertz CT molecular complexity index is 386. The second-order valence-electron chi connectivity index (χ2n) is 7.07. The Balaban J connectivity index is 0.00000176. The third kappa shape index (κ3) is 3.53. The van der Waals surface area contributed by atoms with Crippen LogP contribution in [0.1, 0.15) is 26.7 Å². The van der Waals surface area contributed by atoms with Crippen LogP contribution in [0.3, 0.4) is 0 Å². The van der Waals surface area contributed by atoms with Gasteiger partial charge in [0.25, 0.3) is 0 Å². The van der Waals surface area contributed by atoms with E-state index in [-0.39, 0.29) is 24.0 Å². The number of hydrogen-bond donors (Lipinski definition) is 1. The summed E-state index contributed by atoms with van der Waals surface area (Å²) in [6, 6.07) is 0.590. The van der Waals surface area contributed by atoms with Gasteiger partial charge in [-0.3, -0.25) is 4.99 Å². The molecule has 4 atom stereocenters. The van der Waals surface area contributed by atoms with Gasteiger partial charge >= 0.3 is 0 Å². The lowest BCUT2D eigenvalue weighted by Gasteiger charge is -2.25. The number of hydrogen-bond acceptors (Lipinski definition) is 3. The van der Waals surface area contributed by atoms with Crippen molar-refractivity contribution < 1.29 is 4.74 Å². The molecule has 1 N–H and O–H groups in total. The van der Waals surface area contributed by atoms with Crippen molar-refractivity contribution in [2.75, 3.05) is 40.3 Å². The number of nitrogens with one attached hydrogen (secondary N) is 1. The van der Waals surface area contributed by atoms with Crippen LogP contribution in [-0.4, -0.2) is 74.3 Å². The first-order valence-electron chi connectivity index (χ1n) is 8.41. The highest BCUT2D eigenvalue weighted by Crippen LogP contribution is 2.47. The first-order valence-corrected chi connectivity index (χ1v) is 8.41. The SMILES string of the molecule is CN=C(NCCN(C)C(C)C)N1CC2C3CCC(O3)C2C1.I. The Labute approximate surface area is 151 Å². The molecule has 3 rings (SSSR count). The average Bonchev–Trinajstić information content (AvgIpc) is 3.14. The van der Waals surface area contributed by atoms with Gasteiger partial charge in [-0.25, -0.2) is 0 Å². The summed E-state index contributed by atoms with van der Waals surface area (Å²) in [7, 11) is 4.07. The maximum absolute atomic E-state index is 6.05. The van der Waals surface area contributed by atoms with E-state index in [9.17, 15) is 0 Å². The molecule has 3 saturated heterocycles. The quantitative estimate of drug-likeness (QED) is 0.425. The van der Waals surface area contributed by atoms with Gasteiger partial charge in [-0.15, -0.1) is 24.0 Å². The van der Waals surface area contributed by atoms with Gasteiger partial charge in [0.05, 0.1) is 12.2 Å². The molecule has 0 amide bonds. The first kappa shape index (κ1) is 18.3. The number of likely N-dealkylation sites (N-methyl/N-ethyl adjacent to an activating group) is 1. The molecule has 0 radical (unpaired) electrons. The van der Waals surface area contributed by atoms with Crippen LogP contribution in [0, 0.1) is 11.8 Å². The van der Waals surface area contributed by atoms with Crippen LogP contribution in [0.15, 0.2) is 4.99 Å². The molecule has 0 aromatic heterocycles. The highest BCUT2D eigenvalue weighted by atomic mass is 127. The van der Waals surface area contributed by atoms with Crippen LogP contribution in [0.5, 0.6) is 0 Å². The van der Waals surface area contributed by atoms with Crippen molar-refractivity contribution in [1.82, 2.24) is 15.1 Å². The zero-order chi connectivity index (χ0) is 15.0. The molecule has 2 bridgehead atoms. The molecule has 0 spiro atoms. The second kappa shape index (κ2) is 7.66. The van der Waals surface area contributed by atoms with E-state index in [0.717, 1.165) is 44.0 Å². The molecule has 4 unspecified atom stereocenters. The number of aliphatic imine (C=N–C) groups is 1. The van der Waals surface area contributed by atoms with E-state index in [4.69, 9.17) is 4.74 Å². The monoisotopic (exact) mass is 422 g/mol. The zero-order valence-electron chi connectivity index (χ0n) is 14.3. The number of halogens is 1. The number of ether oxygens (including phenoxy) is 1. The van der Waals surface area contributed by atoms with Crippen LogP contribution in [-0.2, 0) is 4.74 Å². The van der Waals surface area contributed by atoms with Gasteiger partial charge in [-0.1, -0.05) is 0 Å². The van der Waals surface area contributed by atoms with E-state index in [2.05, 4.69) is 41.0 Å². The number of fused-ring (bicyclic) bond motifs is 5. The molecule has 6 heteroatoms. The summed E-state index contributed by atoms with van der Waals surface area (Å²) in [5, 5.41) is 3.53. The molecule has 128 valence electrons. The molecule has 0 aliphatic carbocycles. The second-order valence-corrected chi connectivity index (χ2v) is 7.07. The molecule has 0 saturated carbocycles. The molecule has 0 aromatic rings.